The number of hydrogen-bond acceptors (Lipinski definition) is 4. The van der Waals surface area contributed by atoms with Crippen molar-refractivity contribution in [3.05, 3.63) is 119 Å². The Balaban J connectivity index is 1.65. The molecule has 0 unspecified atom stereocenters. The van der Waals surface area contributed by atoms with Crippen LogP contribution in [-0.2, 0) is 13.0 Å². The van der Waals surface area contributed by atoms with Crippen molar-refractivity contribution in [2.24, 2.45) is 0 Å². The Morgan fingerprint density at radius 1 is 0.636 bits per heavy atom. The van der Waals surface area contributed by atoms with Gasteiger partial charge in [-0.25, -0.2) is 0 Å². The first-order chi connectivity index (χ1) is 21.5. The van der Waals surface area contributed by atoms with Crippen LogP contribution in [0.5, 0.6) is 11.5 Å². The topological polar surface area (TPSA) is 59.1 Å². The fourth-order valence-corrected chi connectivity index (χ4v) is 5.47. The van der Waals surface area contributed by atoms with Crippen molar-refractivity contribution < 1.29 is 19.1 Å². The Morgan fingerprint density at radius 3 is 1.84 bits per heavy atom. The number of carbonyl (C=O) groups is 2. The summed E-state index contributed by atoms with van der Waals surface area (Å²) in [6, 6.07) is 31.1. The van der Waals surface area contributed by atoms with Gasteiger partial charge >= 0.3 is 0 Å². The van der Waals surface area contributed by atoms with E-state index < -0.39 is 0 Å². The van der Waals surface area contributed by atoms with Gasteiger partial charge in [-0.15, -0.1) is 0 Å². The number of benzene rings is 4. The molecule has 0 saturated carbocycles. The van der Waals surface area contributed by atoms with Gasteiger partial charge in [-0.05, 0) is 71.8 Å². The van der Waals surface area contributed by atoms with Crippen LogP contribution in [-0.4, -0.2) is 55.5 Å². The Morgan fingerprint density at radius 2 is 1.25 bits per heavy atom. The summed E-state index contributed by atoms with van der Waals surface area (Å²) in [5.41, 5.74) is 4.78. The summed E-state index contributed by atoms with van der Waals surface area (Å²) in [4.78, 5) is 32.2. The lowest BCUT2D eigenvalue weighted by molar-refractivity contribution is 0.0737. The lowest BCUT2D eigenvalue weighted by Crippen LogP contribution is -2.34. The predicted molar refractivity (Wildman–Crippen MR) is 177 cm³/mol. The van der Waals surface area contributed by atoms with Gasteiger partial charge in [0.1, 0.15) is 11.5 Å². The summed E-state index contributed by atoms with van der Waals surface area (Å²) in [5.74, 6) is 1.43. The Hall–Kier alpha value is -4.58. The van der Waals surface area contributed by atoms with Gasteiger partial charge in [-0.2, -0.15) is 0 Å². The summed E-state index contributed by atoms with van der Waals surface area (Å²) in [5, 5.41) is 0. The number of ether oxygens (including phenoxy) is 2. The first-order valence-electron chi connectivity index (χ1n) is 15.5. The number of unbranched alkanes of at least 4 members (excludes halogenated alkanes) is 1. The van der Waals surface area contributed by atoms with Crippen molar-refractivity contribution in [2.45, 2.75) is 46.1 Å². The number of rotatable bonds is 15. The summed E-state index contributed by atoms with van der Waals surface area (Å²) in [6.07, 6.45) is 3.35. The summed E-state index contributed by atoms with van der Waals surface area (Å²) in [6.45, 7) is 6.54. The van der Waals surface area contributed by atoms with Crippen molar-refractivity contribution in [1.82, 2.24) is 9.80 Å². The quantitative estimate of drug-likeness (QED) is 0.141. The number of hydrogen-bond donors (Lipinski definition) is 0. The molecule has 0 aliphatic heterocycles. The molecular formula is C38H44N2O4. The van der Waals surface area contributed by atoms with Crippen LogP contribution in [0.2, 0.25) is 0 Å². The Labute approximate surface area is 262 Å². The average Bonchev–Trinajstić information content (AvgIpc) is 3.08. The summed E-state index contributed by atoms with van der Waals surface area (Å²) in [7, 11) is 3.29. The molecule has 0 spiro atoms. The van der Waals surface area contributed by atoms with Gasteiger partial charge in [0.2, 0.25) is 0 Å². The van der Waals surface area contributed by atoms with E-state index in [2.05, 4.69) is 26.0 Å². The molecule has 0 aromatic heterocycles. The fourth-order valence-electron chi connectivity index (χ4n) is 5.47. The number of methoxy groups -OCH3 is 2. The summed E-state index contributed by atoms with van der Waals surface area (Å²) < 4.78 is 11.0. The molecule has 4 rings (SSSR count). The molecule has 6 nitrogen and oxygen atoms in total. The molecule has 230 valence electrons. The maximum Gasteiger partial charge on any atom is 0.254 e. The third-order valence-electron chi connectivity index (χ3n) is 7.81. The zero-order valence-corrected chi connectivity index (χ0v) is 26.4. The van der Waals surface area contributed by atoms with Gasteiger partial charge in [-0.3, -0.25) is 9.59 Å². The molecule has 0 aliphatic carbocycles. The van der Waals surface area contributed by atoms with Gasteiger partial charge < -0.3 is 19.3 Å². The molecule has 2 amide bonds. The Bertz CT molecular complexity index is 1520. The highest BCUT2D eigenvalue weighted by Gasteiger charge is 2.24. The molecule has 0 aliphatic rings. The third kappa shape index (κ3) is 8.07. The van der Waals surface area contributed by atoms with Gasteiger partial charge in [0.05, 0.1) is 14.2 Å². The van der Waals surface area contributed by atoms with E-state index in [0.717, 1.165) is 53.0 Å². The number of amides is 2. The van der Waals surface area contributed by atoms with E-state index >= 15 is 0 Å². The van der Waals surface area contributed by atoms with Crippen molar-refractivity contribution in [3.63, 3.8) is 0 Å². The zero-order chi connectivity index (χ0) is 31.3. The van der Waals surface area contributed by atoms with Crippen LogP contribution in [0, 0.1) is 0 Å². The largest absolute Gasteiger partial charge is 0.497 e. The molecule has 0 N–H and O–H groups in total. The number of nitrogens with zero attached hydrogens (tertiary/aromatic N) is 2. The Kier molecular flexibility index (Phi) is 12.0. The van der Waals surface area contributed by atoms with Crippen molar-refractivity contribution in [3.8, 4) is 22.6 Å². The van der Waals surface area contributed by atoms with Gasteiger partial charge in [0.25, 0.3) is 11.8 Å². The highest BCUT2D eigenvalue weighted by molar-refractivity contribution is 6.06. The highest BCUT2D eigenvalue weighted by atomic mass is 16.5. The molecule has 0 heterocycles. The minimum atomic E-state index is -0.0568. The average molecular weight is 593 g/mol. The molecular weight excluding hydrogens is 548 g/mol. The SMILES string of the molecule is CCCCN(Cc1ccccc1)C(=O)c1ccccc1-c1ccccc1C(=O)N(CCC)CCc1cc(OC)ccc1OC. The second-order valence-corrected chi connectivity index (χ2v) is 10.9. The molecule has 0 radical (unpaired) electrons. The summed E-state index contributed by atoms with van der Waals surface area (Å²) >= 11 is 0. The van der Waals surface area contributed by atoms with E-state index in [9.17, 15) is 9.59 Å². The molecule has 0 saturated heterocycles. The molecule has 44 heavy (non-hydrogen) atoms. The lowest BCUT2D eigenvalue weighted by atomic mass is 9.93. The molecule has 0 fully saturated rings. The van der Waals surface area contributed by atoms with Gasteiger partial charge in [-0.1, -0.05) is 87.0 Å². The van der Waals surface area contributed by atoms with Crippen LogP contribution in [0.15, 0.2) is 97.1 Å². The molecule has 6 heteroatoms. The predicted octanol–water partition coefficient (Wildman–Crippen LogP) is 7.91. The zero-order valence-electron chi connectivity index (χ0n) is 26.4. The van der Waals surface area contributed by atoms with Gasteiger partial charge in [0, 0.05) is 37.3 Å². The maximum atomic E-state index is 14.2. The second-order valence-electron chi connectivity index (χ2n) is 10.9. The molecule has 0 atom stereocenters. The highest BCUT2D eigenvalue weighted by Crippen LogP contribution is 2.30. The van der Waals surface area contributed by atoms with E-state index in [0.29, 0.717) is 43.7 Å². The third-order valence-corrected chi connectivity index (χ3v) is 7.81. The van der Waals surface area contributed by atoms with E-state index in [1.807, 2.05) is 94.7 Å². The van der Waals surface area contributed by atoms with Gasteiger partial charge in [0.15, 0.2) is 0 Å². The fraction of sp³-hybridized carbons (Fsp3) is 0.316. The molecule has 0 bridgehead atoms. The van der Waals surface area contributed by atoms with Crippen LogP contribution in [0.25, 0.3) is 11.1 Å². The first-order valence-corrected chi connectivity index (χ1v) is 15.5. The van der Waals surface area contributed by atoms with Crippen LogP contribution >= 0.6 is 0 Å². The normalized spacial score (nSPS) is 10.7. The van der Waals surface area contributed by atoms with Crippen molar-refractivity contribution in [1.29, 1.82) is 0 Å². The minimum Gasteiger partial charge on any atom is -0.497 e. The van der Waals surface area contributed by atoms with Crippen LogP contribution < -0.4 is 9.47 Å². The lowest BCUT2D eigenvalue weighted by Gasteiger charge is -2.26. The van der Waals surface area contributed by atoms with E-state index in [1.165, 1.54) is 0 Å². The smallest absolute Gasteiger partial charge is 0.254 e. The van der Waals surface area contributed by atoms with Crippen molar-refractivity contribution in [2.75, 3.05) is 33.9 Å². The van der Waals surface area contributed by atoms with E-state index in [4.69, 9.17) is 9.47 Å². The first kappa shape index (κ1) is 32.3. The maximum absolute atomic E-state index is 14.2. The second kappa shape index (κ2) is 16.3. The standard InChI is InChI=1S/C38H44N2O4/c1-5-7-25-40(28-29-15-9-8-10-16-29)38(42)35-20-14-12-18-33(35)32-17-11-13-19-34(32)37(41)39(24-6-2)26-23-30-27-31(43-3)21-22-36(30)44-4/h8-22,27H,5-7,23-26,28H2,1-4H3. The molecule has 4 aromatic carbocycles. The monoisotopic (exact) mass is 592 g/mol. The van der Waals surface area contributed by atoms with Crippen molar-refractivity contribution >= 4 is 11.8 Å². The molecule has 4 aromatic rings. The minimum absolute atomic E-state index is 0.0318. The van der Waals surface area contributed by atoms with Crippen LogP contribution in [0.3, 0.4) is 0 Å². The van der Waals surface area contributed by atoms with Crippen LogP contribution in [0.4, 0.5) is 0 Å². The van der Waals surface area contributed by atoms with Crippen LogP contribution in [0.1, 0.15) is 65.0 Å². The van der Waals surface area contributed by atoms with E-state index in [1.54, 1.807) is 14.2 Å². The van der Waals surface area contributed by atoms with E-state index in [-0.39, 0.29) is 11.8 Å². The number of carbonyl (C=O) groups excluding carboxylic acids is 2.